The Morgan fingerprint density at radius 2 is 1.07 bits per heavy atom. The summed E-state index contributed by atoms with van der Waals surface area (Å²) < 4.78 is 78.4. The van der Waals surface area contributed by atoms with Crippen LogP contribution in [0, 0.1) is 0 Å². The van der Waals surface area contributed by atoms with Crippen LogP contribution in [-0.4, -0.2) is 0 Å². The van der Waals surface area contributed by atoms with Crippen LogP contribution in [0.2, 0.25) is 0 Å². The Morgan fingerprint density at radius 1 is 0.455 bits per heavy atom. The maximum Gasteiger partial charge on any atom is 0.135 e. The van der Waals surface area contributed by atoms with Crippen LogP contribution in [0.3, 0.4) is 0 Å². The van der Waals surface area contributed by atoms with Crippen LogP contribution >= 0.6 is 0 Å². The highest BCUT2D eigenvalue weighted by Crippen LogP contribution is 2.42. The van der Waals surface area contributed by atoms with Crippen molar-refractivity contribution in [1.82, 2.24) is 0 Å². The fourth-order valence-electron chi connectivity index (χ4n) is 6.63. The van der Waals surface area contributed by atoms with E-state index in [2.05, 4.69) is 12.1 Å². The third-order valence-corrected chi connectivity index (χ3v) is 8.61. The third kappa shape index (κ3) is 3.87. The molecule has 0 unspecified atom stereocenters. The van der Waals surface area contributed by atoms with Crippen molar-refractivity contribution in [3.8, 4) is 22.3 Å². The zero-order chi connectivity index (χ0) is 36.0. The number of benzene rings is 8. The van der Waals surface area contributed by atoms with Gasteiger partial charge in [0.2, 0.25) is 0 Å². The molecule has 0 atom stereocenters. The van der Waals surface area contributed by atoms with E-state index in [1.165, 1.54) is 0 Å². The van der Waals surface area contributed by atoms with Crippen molar-refractivity contribution in [2.75, 3.05) is 0 Å². The molecule has 206 valence electrons. The largest absolute Gasteiger partial charge is 0.456 e. The zero-order valence-electron chi connectivity index (χ0n) is 31.5. The standard InChI is InChI=1S/C43H28O/c1-2-12-28(13-3-1)32-24-22-29(31-14-4-5-15-33(31)32)26-39-34-16-6-8-19-37(34)43(38-20-9-7-17-35(38)39)30-23-25-42-40(27-30)36-18-10-11-21-41(36)44-42/h1-25,27H,26H2/i6D,7D,8D,9D,16D,17D,19D,20D. The van der Waals surface area contributed by atoms with E-state index in [-0.39, 0.29) is 52.1 Å². The van der Waals surface area contributed by atoms with Gasteiger partial charge in [-0.05, 0) is 90.3 Å². The number of furan rings is 1. The van der Waals surface area contributed by atoms with Crippen LogP contribution in [0.5, 0.6) is 0 Å². The molecule has 0 aliphatic carbocycles. The molecule has 1 heteroatoms. The van der Waals surface area contributed by atoms with Gasteiger partial charge in [-0.3, -0.25) is 0 Å². The lowest BCUT2D eigenvalue weighted by molar-refractivity contribution is 0.669. The summed E-state index contributed by atoms with van der Waals surface area (Å²) in [5.41, 5.74) is 5.56. The molecule has 9 rings (SSSR count). The van der Waals surface area contributed by atoms with Gasteiger partial charge >= 0.3 is 0 Å². The number of hydrogen-bond acceptors (Lipinski definition) is 1. The van der Waals surface area contributed by atoms with Crippen molar-refractivity contribution in [3.63, 3.8) is 0 Å². The maximum absolute atomic E-state index is 9.31. The Labute approximate surface area is 266 Å². The summed E-state index contributed by atoms with van der Waals surface area (Å²) in [5, 5.41) is 4.45. The second-order valence-electron chi connectivity index (χ2n) is 11.0. The molecule has 0 radical (unpaired) electrons. The Balaban J connectivity index is 1.44. The fraction of sp³-hybridized carbons (Fsp3) is 0.0233. The molecule has 1 heterocycles. The first-order valence-electron chi connectivity index (χ1n) is 18.6. The van der Waals surface area contributed by atoms with Gasteiger partial charge in [0, 0.05) is 10.8 Å². The summed E-state index contributed by atoms with van der Waals surface area (Å²) in [4.78, 5) is 0. The normalized spacial score (nSPS) is 14.3. The summed E-state index contributed by atoms with van der Waals surface area (Å²) >= 11 is 0. The van der Waals surface area contributed by atoms with E-state index in [0.717, 1.165) is 38.2 Å². The number of hydrogen-bond donors (Lipinski definition) is 0. The van der Waals surface area contributed by atoms with Gasteiger partial charge in [0.1, 0.15) is 11.2 Å². The molecule has 0 fully saturated rings. The van der Waals surface area contributed by atoms with Gasteiger partial charge in [-0.1, -0.05) is 139 Å². The molecule has 0 aliphatic heterocycles. The summed E-state index contributed by atoms with van der Waals surface area (Å²) in [5.74, 6) is 0. The van der Waals surface area contributed by atoms with Gasteiger partial charge in [0.05, 0.1) is 11.0 Å². The Hall–Kier alpha value is -5.66. The Bertz CT molecular complexity index is 2890. The number of fused-ring (bicyclic) bond motifs is 6. The molecular weight excluding hydrogens is 532 g/mol. The maximum atomic E-state index is 9.31. The van der Waals surface area contributed by atoms with Crippen LogP contribution in [-0.2, 0) is 6.42 Å². The second-order valence-corrected chi connectivity index (χ2v) is 11.0. The van der Waals surface area contributed by atoms with Gasteiger partial charge in [-0.2, -0.15) is 0 Å². The van der Waals surface area contributed by atoms with Gasteiger partial charge in [-0.25, -0.2) is 0 Å². The SMILES string of the molecule is [2H]c1c([2H])c([2H])c2c(-c3ccc4oc5ccccc5c4c3)c3c([2H])c([2H])c([2H])c([2H])c3c(Cc3ccc(-c4ccccc4)c4ccccc34)c2c1[2H]. The van der Waals surface area contributed by atoms with Crippen molar-refractivity contribution < 1.29 is 15.4 Å². The molecule has 8 aromatic carbocycles. The molecule has 0 saturated heterocycles. The van der Waals surface area contributed by atoms with Crippen molar-refractivity contribution in [1.29, 1.82) is 0 Å². The summed E-state index contributed by atoms with van der Waals surface area (Å²) in [7, 11) is 0. The van der Waals surface area contributed by atoms with Crippen LogP contribution < -0.4 is 0 Å². The van der Waals surface area contributed by atoms with E-state index in [9.17, 15) is 5.48 Å². The number of rotatable bonds is 4. The fourth-order valence-corrected chi connectivity index (χ4v) is 6.63. The minimum Gasteiger partial charge on any atom is -0.456 e. The lowest BCUT2D eigenvalue weighted by Crippen LogP contribution is -1.97. The van der Waals surface area contributed by atoms with Crippen LogP contribution in [0.15, 0.2) is 162 Å². The summed E-state index contributed by atoms with van der Waals surface area (Å²) in [6.07, 6.45) is 0.151. The van der Waals surface area contributed by atoms with Crippen molar-refractivity contribution in [3.05, 3.63) is 169 Å². The monoisotopic (exact) mass is 568 g/mol. The Morgan fingerprint density at radius 3 is 1.82 bits per heavy atom. The van der Waals surface area contributed by atoms with Crippen molar-refractivity contribution >= 4 is 54.3 Å². The lowest BCUT2D eigenvalue weighted by Gasteiger charge is -2.19. The average molecular weight is 569 g/mol. The minimum absolute atomic E-state index is 0.151. The highest BCUT2D eigenvalue weighted by Gasteiger charge is 2.18. The summed E-state index contributed by atoms with van der Waals surface area (Å²) in [6, 6.07) is 32.4. The van der Waals surface area contributed by atoms with Gasteiger partial charge < -0.3 is 4.42 Å². The van der Waals surface area contributed by atoms with E-state index < -0.39 is 24.2 Å². The zero-order valence-corrected chi connectivity index (χ0v) is 23.5. The van der Waals surface area contributed by atoms with E-state index in [0.29, 0.717) is 27.9 Å². The topological polar surface area (TPSA) is 13.1 Å². The molecule has 1 aromatic heterocycles. The van der Waals surface area contributed by atoms with Crippen molar-refractivity contribution in [2.24, 2.45) is 0 Å². The molecule has 0 N–H and O–H groups in total. The molecular formula is C43H28O. The molecule has 44 heavy (non-hydrogen) atoms. The number of para-hydroxylation sites is 1. The summed E-state index contributed by atoms with van der Waals surface area (Å²) in [6.45, 7) is 0. The molecule has 9 aromatic rings. The molecule has 0 saturated carbocycles. The van der Waals surface area contributed by atoms with Crippen molar-refractivity contribution in [2.45, 2.75) is 6.42 Å². The Kier molecular flexibility index (Phi) is 4.10. The van der Waals surface area contributed by atoms with E-state index in [1.807, 2.05) is 84.9 Å². The first kappa shape index (κ1) is 18.1. The first-order valence-corrected chi connectivity index (χ1v) is 14.6. The van der Waals surface area contributed by atoms with E-state index in [1.54, 1.807) is 12.1 Å². The average Bonchev–Trinajstić information content (AvgIpc) is 3.55. The predicted molar refractivity (Wildman–Crippen MR) is 186 cm³/mol. The molecule has 0 amide bonds. The third-order valence-electron chi connectivity index (χ3n) is 8.61. The molecule has 1 nitrogen and oxygen atoms in total. The second kappa shape index (κ2) is 9.97. The van der Waals surface area contributed by atoms with Gasteiger partial charge in [0.15, 0.2) is 0 Å². The van der Waals surface area contributed by atoms with Gasteiger partial charge in [0.25, 0.3) is 0 Å². The smallest absolute Gasteiger partial charge is 0.135 e. The van der Waals surface area contributed by atoms with Crippen LogP contribution in [0.1, 0.15) is 22.1 Å². The quantitative estimate of drug-likeness (QED) is 0.192. The van der Waals surface area contributed by atoms with Gasteiger partial charge in [-0.15, -0.1) is 0 Å². The van der Waals surface area contributed by atoms with Crippen LogP contribution in [0.4, 0.5) is 0 Å². The van der Waals surface area contributed by atoms with Crippen LogP contribution in [0.25, 0.3) is 76.5 Å². The molecule has 0 spiro atoms. The predicted octanol–water partition coefficient (Wildman–Crippen LogP) is 12.0. The lowest BCUT2D eigenvalue weighted by atomic mass is 9.85. The minimum atomic E-state index is -0.419. The highest BCUT2D eigenvalue weighted by molar-refractivity contribution is 6.17. The first-order chi connectivity index (χ1) is 25.2. The molecule has 0 aliphatic rings. The van der Waals surface area contributed by atoms with E-state index >= 15 is 0 Å². The molecule has 0 bridgehead atoms. The van der Waals surface area contributed by atoms with E-state index in [4.69, 9.17) is 9.90 Å². The highest BCUT2D eigenvalue weighted by atomic mass is 16.3.